The standard InChI is InChI=1S/C10H17N3OS/c1-3-5-11-10-12-6-4-9(13-10)15-8(2)7-14/h4,6,8,14H,3,5,7H2,1-2H3,(H,11,12,13). The van der Waals surface area contributed by atoms with E-state index in [1.165, 1.54) is 0 Å². The summed E-state index contributed by atoms with van der Waals surface area (Å²) in [6, 6.07) is 1.86. The predicted octanol–water partition coefficient (Wildman–Crippen LogP) is 1.77. The fraction of sp³-hybridized carbons (Fsp3) is 0.600. The summed E-state index contributed by atoms with van der Waals surface area (Å²) in [7, 11) is 0. The van der Waals surface area contributed by atoms with E-state index >= 15 is 0 Å². The van der Waals surface area contributed by atoms with E-state index in [9.17, 15) is 0 Å². The van der Waals surface area contributed by atoms with Crippen molar-refractivity contribution in [2.75, 3.05) is 18.5 Å². The lowest BCUT2D eigenvalue weighted by atomic mass is 10.5. The number of anilines is 1. The van der Waals surface area contributed by atoms with Crippen LogP contribution in [0.2, 0.25) is 0 Å². The lowest BCUT2D eigenvalue weighted by molar-refractivity contribution is 0.300. The zero-order valence-electron chi connectivity index (χ0n) is 9.10. The summed E-state index contributed by atoms with van der Waals surface area (Å²) in [5.74, 6) is 0.659. The van der Waals surface area contributed by atoms with Crippen molar-refractivity contribution in [3.8, 4) is 0 Å². The van der Waals surface area contributed by atoms with Crippen molar-refractivity contribution in [1.82, 2.24) is 9.97 Å². The Bertz CT molecular complexity index is 296. The van der Waals surface area contributed by atoms with Gasteiger partial charge in [-0.3, -0.25) is 0 Å². The first-order valence-corrected chi connectivity index (χ1v) is 5.98. The number of aromatic nitrogens is 2. The molecule has 1 unspecified atom stereocenters. The van der Waals surface area contributed by atoms with Crippen molar-refractivity contribution in [1.29, 1.82) is 0 Å². The molecule has 0 aliphatic heterocycles. The first-order chi connectivity index (χ1) is 7.26. The maximum atomic E-state index is 8.93. The van der Waals surface area contributed by atoms with Gasteiger partial charge >= 0.3 is 0 Å². The molecule has 1 aromatic heterocycles. The van der Waals surface area contributed by atoms with Crippen LogP contribution < -0.4 is 5.32 Å². The van der Waals surface area contributed by atoms with Crippen LogP contribution in [0.4, 0.5) is 5.95 Å². The second-order valence-electron chi connectivity index (χ2n) is 3.26. The molecule has 0 radical (unpaired) electrons. The van der Waals surface area contributed by atoms with Crippen LogP contribution in [-0.4, -0.2) is 33.5 Å². The highest BCUT2D eigenvalue weighted by Gasteiger charge is 2.04. The third-order valence-corrected chi connectivity index (χ3v) is 2.76. The Kier molecular flexibility index (Phi) is 5.42. The summed E-state index contributed by atoms with van der Waals surface area (Å²) >= 11 is 1.55. The van der Waals surface area contributed by atoms with Crippen LogP contribution in [-0.2, 0) is 0 Å². The molecule has 1 atom stereocenters. The summed E-state index contributed by atoms with van der Waals surface area (Å²) in [6.07, 6.45) is 2.78. The average molecular weight is 227 g/mol. The van der Waals surface area contributed by atoms with Crippen LogP contribution in [0.15, 0.2) is 17.3 Å². The molecular weight excluding hydrogens is 210 g/mol. The fourth-order valence-electron chi connectivity index (χ4n) is 0.973. The monoisotopic (exact) mass is 227 g/mol. The first kappa shape index (κ1) is 12.3. The minimum atomic E-state index is 0.159. The lowest BCUT2D eigenvalue weighted by Gasteiger charge is -2.08. The smallest absolute Gasteiger partial charge is 0.223 e. The van der Waals surface area contributed by atoms with Crippen molar-refractivity contribution in [3.63, 3.8) is 0 Å². The van der Waals surface area contributed by atoms with Gasteiger partial charge < -0.3 is 10.4 Å². The van der Waals surface area contributed by atoms with Crippen molar-refractivity contribution in [2.45, 2.75) is 30.5 Å². The largest absolute Gasteiger partial charge is 0.395 e. The molecule has 1 heterocycles. The minimum Gasteiger partial charge on any atom is -0.395 e. The lowest BCUT2D eigenvalue weighted by Crippen LogP contribution is -2.06. The second-order valence-corrected chi connectivity index (χ2v) is 4.72. The number of nitrogens with one attached hydrogen (secondary N) is 1. The van der Waals surface area contributed by atoms with Crippen LogP contribution in [0.1, 0.15) is 20.3 Å². The maximum absolute atomic E-state index is 8.93. The Morgan fingerprint density at radius 1 is 1.60 bits per heavy atom. The van der Waals surface area contributed by atoms with E-state index < -0.39 is 0 Å². The summed E-state index contributed by atoms with van der Waals surface area (Å²) in [5.41, 5.74) is 0. The van der Waals surface area contributed by atoms with E-state index in [0.29, 0.717) is 5.95 Å². The summed E-state index contributed by atoms with van der Waals surface area (Å²) < 4.78 is 0. The normalized spacial score (nSPS) is 12.5. The molecule has 0 bridgehead atoms. The van der Waals surface area contributed by atoms with Gasteiger partial charge in [-0.05, 0) is 12.5 Å². The molecule has 0 amide bonds. The van der Waals surface area contributed by atoms with Gasteiger partial charge in [-0.15, -0.1) is 11.8 Å². The Hall–Kier alpha value is -0.810. The number of thioether (sulfide) groups is 1. The second kappa shape index (κ2) is 6.63. The SMILES string of the molecule is CCCNc1nccc(SC(C)CO)n1. The number of aliphatic hydroxyl groups excluding tert-OH is 1. The number of rotatable bonds is 6. The number of aliphatic hydroxyl groups is 1. The molecule has 1 rings (SSSR count). The van der Waals surface area contributed by atoms with Crippen molar-refractivity contribution < 1.29 is 5.11 Å². The summed E-state index contributed by atoms with van der Waals surface area (Å²) in [6.45, 7) is 5.10. The average Bonchev–Trinajstić information content (AvgIpc) is 2.26. The quantitative estimate of drug-likeness (QED) is 0.573. The highest BCUT2D eigenvalue weighted by Crippen LogP contribution is 2.20. The van der Waals surface area contributed by atoms with Crippen molar-refractivity contribution in [2.24, 2.45) is 0 Å². The molecule has 1 aromatic rings. The van der Waals surface area contributed by atoms with E-state index in [4.69, 9.17) is 5.11 Å². The molecule has 0 saturated heterocycles. The minimum absolute atomic E-state index is 0.159. The molecule has 0 aromatic carbocycles. The number of hydrogen-bond donors (Lipinski definition) is 2. The third-order valence-electron chi connectivity index (χ3n) is 1.74. The Morgan fingerprint density at radius 3 is 3.07 bits per heavy atom. The highest BCUT2D eigenvalue weighted by molar-refractivity contribution is 7.99. The van der Waals surface area contributed by atoms with Gasteiger partial charge in [-0.25, -0.2) is 9.97 Å². The zero-order valence-corrected chi connectivity index (χ0v) is 9.92. The van der Waals surface area contributed by atoms with Gasteiger partial charge in [-0.2, -0.15) is 0 Å². The molecule has 0 fully saturated rings. The summed E-state index contributed by atoms with van der Waals surface area (Å²) in [5, 5.41) is 13.1. The molecular formula is C10H17N3OS. The van der Waals surface area contributed by atoms with E-state index in [1.54, 1.807) is 18.0 Å². The molecule has 15 heavy (non-hydrogen) atoms. The van der Waals surface area contributed by atoms with Gasteiger partial charge in [0.05, 0.1) is 6.61 Å². The van der Waals surface area contributed by atoms with Crippen LogP contribution in [0.5, 0.6) is 0 Å². The van der Waals surface area contributed by atoms with Gasteiger partial charge in [0.25, 0.3) is 0 Å². The summed E-state index contributed by atoms with van der Waals surface area (Å²) in [4.78, 5) is 8.44. The maximum Gasteiger partial charge on any atom is 0.223 e. The molecule has 5 heteroatoms. The highest BCUT2D eigenvalue weighted by atomic mass is 32.2. The van der Waals surface area contributed by atoms with E-state index in [-0.39, 0.29) is 11.9 Å². The van der Waals surface area contributed by atoms with Gasteiger partial charge in [-0.1, -0.05) is 13.8 Å². The molecule has 84 valence electrons. The van der Waals surface area contributed by atoms with Crippen LogP contribution in [0, 0.1) is 0 Å². The van der Waals surface area contributed by atoms with Crippen LogP contribution in [0.3, 0.4) is 0 Å². The molecule has 0 aliphatic rings. The predicted molar refractivity (Wildman–Crippen MR) is 63.2 cm³/mol. The number of nitrogens with zero attached hydrogens (tertiary/aromatic N) is 2. The van der Waals surface area contributed by atoms with Gasteiger partial charge in [0.15, 0.2) is 0 Å². The molecule has 0 spiro atoms. The first-order valence-electron chi connectivity index (χ1n) is 5.10. The molecule has 4 nitrogen and oxygen atoms in total. The topological polar surface area (TPSA) is 58.0 Å². The van der Waals surface area contributed by atoms with Gasteiger partial charge in [0.2, 0.25) is 5.95 Å². The Balaban J connectivity index is 2.57. The third kappa shape index (κ3) is 4.48. The zero-order chi connectivity index (χ0) is 11.1. The van der Waals surface area contributed by atoms with Crippen LogP contribution >= 0.6 is 11.8 Å². The van der Waals surface area contributed by atoms with E-state index in [0.717, 1.165) is 18.0 Å². The Morgan fingerprint density at radius 2 is 2.40 bits per heavy atom. The Labute approximate surface area is 94.5 Å². The number of hydrogen-bond acceptors (Lipinski definition) is 5. The molecule has 0 aliphatic carbocycles. The molecule has 2 N–H and O–H groups in total. The fourth-order valence-corrected chi connectivity index (χ4v) is 1.74. The van der Waals surface area contributed by atoms with Gasteiger partial charge in [0, 0.05) is 18.0 Å². The van der Waals surface area contributed by atoms with Gasteiger partial charge in [0.1, 0.15) is 5.03 Å². The van der Waals surface area contributed by atoms with Crippen molar-refractivity contribution in [3.05, 3.63) is 12.3 Å². The molecule has 0 saturated carbocycles. The van der Waals surface area contributed by atoms with E-state index in [2.05, 4.69) is 22.2 Å². The van der Waals surface area contributed by atoms with Crippen molar-refractivity contribution >= 4 is 17.7 Å². The van der Waals surface area contributed by atoms with Crippen LogP contribution in [0.25, 0.3) is 0 Å². The van der Waals surface area contributed by atoms with E-state index in [1.807, 2.05) is 13.0 Å².